The lowest BCUT2D eigenvalue weighted by atomic mass is 10.1. The fourth-order valence-corrected chi connectivity index (χ4v) is 4.70. The van der Waals surface area contributed by atoms with Crippen molar-refractivity contribution in [2.75, 3.05) is 6.54 Å². The van der Waals surface area contributed by atoms with Gasteiger partial charge in [0, 0.05) is 18.2 Å². The van der Waals surface area contributed by atoms with E-state index in [1.165, 1.54) is 0 Å². The second kappa shape index (κ2) is 6.85. The van der Waals surface area contributed by atoms with Crippen LogP contribution < -0.4 is 5.73 Å². The number of rotatable bonds is 4. The van der Waals surface area contributed by atoms with Crippen LogP contribution in [0, 0.1) is 0 Å². The van der Waals surface area contributed by atoms with Gasteiger partial charge in [-0.3, -0.25) is 0 Å². The van der Waals surface area contributed by atoms with Gasteiger partial charge in [-0.15, -0.1) is 0 Å². The smallest absolute Gasteiger partial charge is 0.218 e. The molecule has 0 radical (unpaired) electrons. The third kappa shape index (κ3) is 4.25. The van der Waals surface area contributed by atoms with Gasteiger partial charge < -0.3 is 5.73 Å². The molecule has 1 aliphatic heterocycles. The van der Waals surface area contributed by atoms with E-state index in [0.29, 0.717) is 11.5 Å². The Hall–Kier alpha value is -0.980. The lowest BCUT2D eigenvalue weighted by Crippen LogP contribution is -2.38. The van der Waals surface area contributed by atoms with E-state index in [2.05, 4.69) is 0 Å². The van der Waals surface area contributed by atoms with Crippen LogP contribution >= 0.6 is 12.2 Å². The van der Waals surface area contributed by atoms with Gasteiger partial charge in [0.15, 0.2) is 0 Å². The van der Waals surface area contributed by atoms with Gasteiger partial charge in [-0.2, -0.15) is 4.31 Å². The molecule has 1 fully saturated rings. The van der Waals surface area contributed by atoms with Crippen LogP contribution in [0.1, 0.15) is 43.7 Å². The Morgan fingerprint density at radius 1 is 1.29 bits per heavy atom. The first kappa shape index (κ1) is 16.4. The van der Waals surface area contributed by atoms with Crippen molar-refractivity contribution in [2.45, 2.75) is 44.4 Å². The predicted molar refractivity (Wildman–Crippen MR) is 89.6 cm³/mol. The Bertz CT molecular complexity index is 597. The summed E-state index contributed by atoms with van der Waals surface area (Å²) < 4.78 is 26.9. The van der Waals surface area contributed by atoms with Crippen molar-refractivity contribution in [3.8, 4) is 0 Å². The SMILES string of the molecule is CC1CCCCCN1S(=O)(=O)Cc1ccc(C(N)=S)cc1. The molecule has 4 nitrogen and oxygen atoms in total. The van der Waals surface area contributed by atoms with Gasteiger partial charge in [-0.05, 0) is 25.3 Å². The predicted octanol–water partition coefficient (Wildman–Crippen LogP) is 2.42. The second-order valence-corrected chi connectivity index (χ2v) is 7.99. The molecule has 0 aromatic heterocycles. The molecular formula is C15H22N2O2S2. The van der Waals surface area contributed by atoms with E-state index in [4.69, 9.17) is 18.0 Å². The Labute approximate surface area is 132 Å². The molecule has 21 heavy (non-hydrogen) atoms. The summed E-state index contributed by atoms with van der Waals surface area (Å²) in [4.78, 5) is 0.325. The first-order valence-electron chi connectivity index (χ1n) is 7.28. The van der Waals surface area contributed by atoms with E-state index in [1.807, 2.05) is 6.92 Å². The van der Waals surface area contributed by atoms with Gasteiger partial charge in [0.1, 0.15) is 4.99 Å². The van der Waals surface area contributed by atoms with Crippen LogP contribution in [0.3, 0.4) is 0 Å². The molecule has 1 aromatic rings. The molecule has 1 saturated heterocycles. The average Bonchev–Trinajstić information content (AvgIpc) is 2.64. The molecule has 1 atom stereocenters. The fraction of sp³-hybridized carbons (Fsp3) is 0.533. The van der Waals surface area contributed by atoms with Crippen molar-refractivity contribution in [1.82, 2.24) is 4.31 Å². The second-order valence-electron chi connectivity index (χ2n) is 5.63. The Kier molecular flexibility index (Phi) is 5.35. The maximum atomic E-state index is 12.6. The summed E-state index contributed by atoms with van der Waals surface area (Å²) in [5.41, 5.74) is 7.08. The lowest BCUT2D eigenvalue weighted by molar-refractivity contribution is 0.341. The first-order chi connectivity index (χ1) is 9.90. The monoisotopic (exact) mass is 326 g/mol. The van der Waals surface area contributed by atoms with Gasteiger partial charge >= 0.3 is 0 Å². The van der Waals surface area contributed by atoms with Crippen molar-refractivity contribution in [1.29, 1.82) is 0 Å². The van der Waals surface area contributed by atoms with Crippen LogP contribution in [-0.4, -0.2) is 30.3 Å². The first-order valence-corrected chi connectivity index (χ1v) is 9.30. The molecule has 0 spiro atoms. The standard InChI is InChI=1S/C15H22N2O2S2/c1-12-5-3-2-4-10-17(12)21(18,19)11-13-6-8-14(9-7-13)15(16)20/h6-9,12H,2-5,10-11H2,1H3,(H2,16,20). The van der Waals surface area contributed by atoms with Crippen molar-refractivity contribution < 1.29 is 8.42 Å². The highest BCUT2D eigenvalue weighted by molar-refractivity contribution is 7.88. The van der Waals surface area contributed by atoms with Gasteiger partial charge in [0.05, 0.1) is 5.75 Å². The molecule has 6 heteroatoms. The van der Waals surface area contributed by atoms with E-state index < -0.39 is 10.0 Å². The van der Waals surface area contributed by atoms with Crippen LogP contribution in [-0.2, 0) is 15.8 Å². The molecule has 0 amide bonds. The third-order valence-electron chi connectivity index (χ3n) is 3.94. The molecule has 2 N–H and O–H groups in total. The van der Waals surface area contributed by atoms with Gasteiger partial charge in [0.2, 0.25) is 10.0 Å². The van der Waals surface area contributed by atoms with Crippen molar-refractivity contribution >= 4 is 27.2 Å². The van der Waals surface area contributed by atoms with Crippen molar-refractivity contribution in [3.05, 3.63) is 35.4 Å². The third-order valence-corrected chi connectivity index (χ3v) is 6.13. The highest BCUT2D eigenvalue weighted by Gasteiger charge is 2.28. The fourth-order valence-electron chi connectivity index (χ4n) is 2.72. The molecule has 2 rings (SSSR count). The molecule has 1 heterocycles. The molecule has 1 aromatic carbocycles. The highest BCUT2D eigenvalue weighted by Crippen LogP contribution is 2.22. The summed E-state index contributed by atoms with van der Waals surface area (Å²) in [6.45, 7) is 2.63. The zero-order chi connectivity index (χ0) is 15.5. The normalized spacial score (nSPS) is 20.9. The van der Waals surface area contributed by atoms with Crippen LogP contribution in [0.25, 0.3) is 0 Å². The van der Waals surface area contributed by atoms with Crippen LogP contribution in [0.15, 0.2) is 24.3 Å². The minimum Gasteiger partial charge on any atom is -0.389 e. The van der Waals surface area contributed by atoms with E-state index in [-0.39, 0.29) is 11.8 Å². The molecule has 1 aliphatic rings. The van der Waals surface area contributed by atoms with E-state index >= 15 is 0 Å². The largest absolute Gasteiger partial charge is 0.389 e. The summed E-state index contributed by atoms with van der Waals surface area (Å²) in [5, 5.41) is 0. The van der Waals surface area contributed by atoms with E-state index in [9.17, 15) is 8.42 Å². The highest BCUT2D eigenvalue weighted by atomic mass is 32.2. The zero-order valence-electron chi connectivity index (χ0n) is 12.3. The van der Waals surface area contributed by atoms with E-state index in [0.717, 1.165) is 36.8 Å². The van der Waals surface area contributed by atoms with Gasteiger partial charge in [-0.1, -0.05) is 49.3 Å². The van der Waals surface area contributed by atoms with Gasteiger partial charge in [0.25, 0.3) is 0 Å². The summed E-state index contributed by atoms with van der Waals surface area (Å²) in [6.07, 6.45) is 4.11. The number of hydrogen-bond donors (Lipinski definition) is 1. The maximum absolute atomic E-state index is 12.6. The number of nitrogens with zero attached hydrogens (tertiary/aromatic N) is 1. The molecular weight excluding hydrogens is 304 g/mol. The van der Waals surface area contributed by atoms with Gasteiger partial charge in [-0.25, -0.2) is 8.42 Å². The summed E-state index contributed by atoms with van der Waals surface area (Å²) in [6, 6.07) is 7.22. The molecule has 0 bridgehead atoms. The average molecular weight is 326 g/mol. The van der Waals surface area contributed by atoms with Crippen molar-refractivity contribution in [3.63, 3.8) is 0 Å². The summed E-state index contributed by atoms with van der Waals surface area (Å²) in [5.74, 6) is 0.0367. The number of nitrogens with two attached hydrogens (primary N) is 1. The molecule has 0 aliphatic carbocycles. The summed E-state index contributed by atoms with van der Waals surface area (Å²) >= 11 is 4.90. The zero-order valence-corrected chi connectivity index (χ0v) is 13.9. The quantitative estimate of drug-likeness (QED) is 0.863. The van der Waals surface area contributed by atoms with Crippen LogP contribution in [0.2, 0.25) is 0 Å². The Morgan fingerprint density at radius 3 is 2.57 bits per heavy atom. The van der Waals surface area contributed by atoms with Crippen LogP contribution in [0.5, 0.6) is 0 Å². The minimum atomic E-state index is -3.27. The van der Waals surface area contributed by atoms with Crippen molar-refractivity contribution in [2.24, 2.45) is 5.73 Å². The number of sulfonamides is 1. The minimum absolute atomic E-state index is 0.0367. The molecule has 0 saturated carbocycles. The van der Waals surface area contributed by atoms with E-state index in [1.54, 1.807) is 28.6 Å². The molecule has 116 valence electrons. The lowest BCUT2D eigenvalue weighted by Gasteiger charge is -2.26. The number of hydrogen-bond acceptors (Lipinski definition) is 3. The van der Waals surface area contributed by atoms with Crippen LogP contribution in [0.4, 0.5) is 0 Å². The number of benzene rings is 1. The Morgan fingerprint density at radius 2 is 1.95 bits per heavy atom. The summed E-state index contributed by atoms with van der Waals surface area (Å²) in [7, 11) is -3.27. The topological polar surface area (TPSA) is 63.4 Å². The maximum Gasteiger partial charge on any atom is 0.218 e. The number of thiocarbonyl (C=S) groups is 1. The molecule has 1 unspecified atom stereocenters. The Balaban J connectivity index is 2.14.